The van der Waals surface area contributed by atoms with Gasteiger partial charge in [-0.1, -0.05) is 0 Å². The van der Waals surface area contributed by atoms with Gasteiger partial charge in [0.1, 0.15) is 11.4 Å². The first-order chi connectivity index (χ1) is 23.1. The number of thiocarbonyl (C=S) groups is 4. The van der Waals surface area contributed by atoms with E-state index in [2.05, 4.69) is 68.5 Å². The minimum atomic E-state index is 0.160. The third-order valence-corrected chi connectivity index (χ3v) is 7.19. The lowest BCUT2D eigenvalue weighted by Crippen LogP contribution is -2.36. The maximum atomic E-state index is 5.51. The van der Waals surface area contributed by atoms with Crippen molar-refractivity contribution in [1.82, 2.24) is 52.8 Å². The van der Waals surface area contributed by atoms with E-state index in [-0.39, 0.29) is 6.79 Å². The minimum absolute atomic E-state index is 0.160. The van der Waals surface area contributed by atoms with Gasteiger partial charge < -0.3 is 30.7 Å². The van der Waals surface area contributed by atoms with E-state index in [1.165, 1.54) is 6.21 Å². The van der Waals surface area contributed by atoms with Gasteiger partial charge in [-0.3, -0.25) is 26.4 Å². The summed E-state index contributed by atoms with van der Waals surface area (Å²) in [5.74, 6) is 1.27. The first-order valence-corrected chi connectivity index (χ1v) is 16.5. The number of rotatable bonds is 14. The maximum Gasteiger partial charge on any atom is 0.231 e. The van der Waals surface area contributed by atoms with E-state index in [1.807, 2.05) is 50.6 Å². The van der Waals surface area contributed by atoms with E-state index >= 15 is 0 Å². The molecule has 0 spiro atoms. The highest BCUT2D eigenvalue weighted by Crippen LogP contribution is 2.32. The molecule has 0 fully saturated rings. The number of hydrogen-bond donors (Lipinski definition) is 8. The van der Waals surface area contributed by atoms with Crippen LogP contribution in [0.3, 0.4) is 0 Å². The monoisotopic (exact) mass is 732 g/mol. The number of aromatic nitrogens is 2. The zero-order valence-corrected chi connectivity index (χ0v) is 30.5. The average Bonchev–Trinajstić information content (AvgIpc) is 3.68. The molecule has 0 aliphatic carbocycles. The van der Waals surface area contributed by atoms with Crippen molar-refractivity contribution < 1.29 is 9.47 Å². The number of nitrogens with one attached hydrogen (secondary N) is 8. The van der Waals surface area contributed by atoms with Gasteiger partial charge in [0.2, 0.25) is 6.79 Å². The third kappa shape index (κ3) is 12.6. The van der Waals surface area contributed by atoms with Crippen LogP contribution in [0.4, 0.5) is 0 Å². The molecule has 1 aromatic carbocycles. The largest absolute Gasteiger partial charge is 0.454 e. The Bertz CT molecular complexity index is 1590. The Balaban J connectivity index is 1.68. The standard InChI is InChI=1S/C28H40N14O2S4/c1-6-30-26(46)38-34-18(4)22(36-39-27(47)31-7-2)15-42-20(12-17(3)41-42)10-11-32-28(48)40-35-21(14-33-37-25(45)29-5)19-8-9-23-24(13-19)44-16-43-23/h8-9,12-14H,6-7,10-11,15-16H2,1-5H3,(H2,29,37,45)(H2,30,38,46)(H2,31,39,47)(H2,32,40,48)/b33-14+,34-18+,35-21-,36-22+. The first-order valence-electron chi connectivity index (χ1n) is 14.9. The molecular weight excluding hydrogens is 693 g/mol. The SMILES string of the molecule is CCNC(=S)N/N=C(C)/C(Cn1nc(C)cc1CCNC(=S)N/N=C(/C=N/NC(=S)NC)c1ccc2c(c1)OCO2)=N/NC(=S)NCC. The van der Waals surface area contributed by atoms with Gasteiger partial charge in [0, 0.05) is 44.4 Å². The second kappa shape index (κ2) is 20.0. The zero-order chi connectivity index (χ0) is 34.9. The van der Waals surface area contributed by atoms with Crippen LogP contribution >= 0.6 is 48.9 Å². The van der Waals surface area contributed by atoms with Crippen LogP contribution in [0.15, 0.2) is 44.7 Å². The molecule has 3 rings (SSSR count). The Kier molecular flexibility index (Phi) is 15.8. The molecule has 1 aliphatic rings. The molecule has 20 heteroatoms. The van der Waals surface area contributed by atoms with Gasteiger partial charge in [-0.2, -0.15) is 25.5 Å². The van der Waals surface area contributed by atoms with E-state index in [9.17, 15) is 0 Å². The predicted molar refractivity (Wildman–Crippen MR) is 206 cm³/mol. The van der Waals surface area contributed by atoms with Gasteiger partial charge in [-0.05, 0) is 101 Å². The van der Waals surface area contributed by atoms with Crippen LogP contribution in [-0.4, -0.2) is 87.1 Å². The lowest BCUT2D eigenvalue weighted by Gasteiger charge is -2.13. The van der Waals surface area contributed by atoms with Crippen LogP contribution in [0.5, 0.6) is 11.5 Å². The molecule has 2 aromatic rings. The normalized spacial score (nSPS) is 12.7. The summed E-state index contributed by atoms with van der Waals surface area (Å²) in [7, 11) is 1.69. The van der Waals surface area contributed by atoms with E-state index in [0.717, 1.165) is 17.0 Å². The number of fused-ring (bicyclic) bond motifs is 1. The Morgan fingerprint density at radius 1 is 0.875 bits per heavy atom. The molecule has 0 bridgehead atoms. The zero-order valence-electron chi connectivity index (χ0n) is 27.3. The summed E-state index contributed by atoms with van der Waals surface area (Å²) in [4.78, 5) is 0. The van der Waals surface area contributed by atoms with Crippen molar-refractivity contribution in [2.45, 2.75) is 40.7 Å². The van der Waals surface area contributed by atoms with Crippen molar-refractivity contribution in [3.63, 3.8) is 0 Å². The van der Waals surface area contributed by atoms with Crippen LogP contribution in [0.25, 0.3) is 0 Å². The summed E-state index contributed by atoms with van der Waals surface area (Å²) in [5.41, 5.74) is 15.5. The van der Waals surface area contributed by atoms with E-state index in [0.29, 0.717) is 81.7 Å². The topological polar surface area (TPSA) is 182 Å². The first kappa shape index (κ1) is 37.9. The molecule has 0 saturated carbocycles. The van der Waals surface area contributed by atoms with Crippen molar-refractivity contribution in [2.75, 3.05) is 33.5 Å². The van der Waals surface area contributed by atoms with Crippen molar-refractivity contribution in [2.24, 2.45) is 20.4 Å². The fourth-order valence-electron chi connectivity index (χ4n) is 3.91. The van der Waals surface area contributed by atoms with Crippen LogP contribution in [0, 0.1) is 6.92 Å². The summed E-state index contributed by atoms with van der Waals surface area (Å²) in [5, 5.41) is 35.7. The van der Waals surface area contributed by atoms with Crippen molar-refractivity contribution in [3.05, 3.63) is 41.2 Å². The second-order valence-corrected chi connectivity index (χ2v) is 11.4. The van der Waals surface area contributed by atoms with Gasteiger partial charge in [0.25, 0.3) is 0 Å². The highest BCUT2D eigenvalue weighted by molar-refractivity contribution is 7.80. The highest BCUT2D eigenvalue weighted by Gasteiger charge is 2.16. The summed E-state index contributed by atoms with van der Waals surface area (Å²) >= 11 is 21.1. The predicted octanol–water partition coefficient (Wildman–Crippen LogP) is 1.11. The summed E-state index contributed by atoms with van der Waals surface area (Å²) in [6.45, 7) is 9.98. The summed E-state index contributed by atoms with van der Waals surface area (Å²) in [6, 6.07) is 7.47. The Morgan fingerprint density at radius 2 is 1.54 bits per heavy atom. The molecule has 1 aromatic heterocycles. The molecule has 258 valence electrons. The van der Waals surface area contributed by atoms with Gasteiger partial charge in [0.05, 0.1) is 24.2 Å². The maximum absolute atomic E-state index is 5.51. The molecule has 0 radical (unpaired) electrons. The van der Waals surface area contributed by atoms with Crippen LogP contribution in [0.1, 0.15) is 37.7 Å². The molecule has 0 unspecified atom stereocenters. The number of hydrogen-bond acceptors (Lipinski definition) is 11. The lowest BCUT2D eigenvalue weighted by molar-refractivity contribution is 0.174. The molecule has 48 heavy (non-hydrogen) atoms. The average molecular weight is 733 g/mol. The second-order valence-electron chi connectivity index (χ2n) is 9.76. The quantitative estimate of drug-likeness (QED) is 0.0786. The lowest BCUT2D eigenvalue weighted by atomic mass is 10.1. The number of aryl methyl sites for hydroxylation is 1. The van der Waals surface area contributed by atoms with Crippen molar-refractivity contribution in [3.8, 4) is 11.5 Å². The number of nitrogens with zero attached hydrogens (tertiary/aromatic N) is 6. The molecule has 0 atom stereocenters. The van der Waals surface area contributed by atoms with Gasteiger partial charge in [-0.25, -0.2) is 0 Å². The Hall–Kier alpha value is -4.53. The van der Waals surface area contributed by atoms with Gasteiger partial charge in [0.15, 0.2) is 31.9 Å². The Labute approximate surface area is 301 Å². The van der Waals surface area contributed by atoms with Gasteiger partial charge >= 0.3 is 0 Å². The fourth-order valence-corrected chi connectivity index (χ4v) is 4.49. The van der Waals surface area contributed by atoms with Crippen LogP contribution < -0.4 is 52.4 Å². The molecule has 2 heterocycles. The minimum Gasteiger partial charge on any atom is -0.454 e. The highest BCUT2D eigenvalue weighted by atomic mass is 32.1. The molecule has 0 saturated heterocycles. The van der Waals surface area contributed by atoms with Crippen molar-refractivity contribution in [1.29, 1.82) is 0 Å². The number of ether oxygens (including phenoxy) is 2. The molecule has 8 N–H and O–H groups in total. The van der Waals surface area contributed by atoms with Crippen molar-refractivity contribution >= 4 is 92.7 Å². The van der Waals surface area contributed by atoms with E-state index in [1.54, 1.807) is 13.1 Å². The third-order valence-electron chi connectivity index (χ3n) is 6.19. The molecule has 0 amide bonds. The molecule has 16 nitrogen and oxygen atoms in total. The summed E-state index contributed by atoms with van der Waals surface area (Å²) < 4.78 is 12.8. The molecule has 1 aliphatic heterocycles. The summed E-state index contributed by atoms with van der Waals surface area (Å²) in [6.07, 6.45) is 2.12. The van der Waals surface area contributed by atoms with E-state index < -0.39 is 0 Å². The Morgan fingerprint density at radius 3 is 2.25 bits per heavy atom. The van der Waals surface area contributed by atoms with E-state index in [4.69, 9.17) is 58.3 Å². The number of hydrazone groups is 4. The van der Waals surface area contributed by atoms with Crippen LogP contribution in [0.2, 0.25) is 0 Å². The van der Waals surface area contributed by atoms with Crippen LogP contribution in [-0.2, 0) is 13.0 Å². The fraction of sp³-hybridized carbons (Fsp3) is 0.393. The smallest absolute Gasteiger partial charge is 0.231 e. The number of benzene rings is 1. The van der Waals surface area contributed by atoms with Gasteiger partial charge in [-0.15, -0.1) is 0 Å². The molecular formula is C28H40N14O2S4.